The van der Waals surface area contributed by atoms with Crippen LogP contribution >= 0.6 is 0 Å². The summed E-state index contributed by atoms with van der Waals surface area (Å²) in [5.41, 5.74) is 17.0. The van der Waals surface area contributed by atoms with Crippen LogP contribution in [-0.4, -0.2) is 0 Å². The maximum Gasteiger partial charge on any atom is 0.175 e. The smallest absolute Gasteiger partial charge is 0.175 e. The minimum atomic E-state index is -0.230. The van der Waals surface area contributed by atoms with Crippen molar-refractivity contribution in [1.82, 2.24) is 0 Å². The average Bonchev–Trinajstić information content (AvgIpc) is 3.24. The lowest BCUT2D eigenvalue weighted by Crippen LogP contribution is -2.33. The van der Waals surface area contributed by atoms with Crippen LogP contribution in [0.4, 0.5) is 34.1 Å². The third kappa shape index (κ3) is 5.42. The molecule has 0 atom stereocenters. The van der Waals surface area contributed by atoms with Gasteiger partial charge in [-0.2, -0.15) is 0 Å². The number of benzene rings is 8. The summed E-state index contributed by atoms with van der Waals surface area (Å²) in [6.07, 6.45) is 0. The number of aryl methyl sites for hydroxylation is 1. The van der Waals surface area contributed by atoms with E-state index in [0.29, 0.717) is 0 Å². The Morgan fingerprint density at radius 3 is 1.53 bits per heavy atom. The Hall–Kier alpha value is -6.84. The van der Waals surface area contributed by atoms with Crippen molar-refractivity contribution in [3.05, 3.63) is 205 Å². The minimum absolute atomic E-state index is 0.230. The molecular weight excluding hydrogens is 669 g/mol. The van der Waals surface area contributed by atoms with Crippen molar-refractivity contribution in [3.8, 4) is 44.9 Å². The zero-order valence-corrected chi connectivity index (χ0v) is 31.2. The fourth-order valence-electron chi connectivity index (χ4n) is 8.51. The predicted octanol–water partition coefficient (Wildman–Crippen LogP) is 14.7. The molecular formula is C52H40N2O. The number of rotatable bonds is 6. The summed E-state index contributed by atoms with van der Waals surface area (Å²) in [6.45, 7) is 6.87. The molecule has 2 heterocycles. The van der Waals surface area contributed by atoms with E-state index in [1.54, 1.807) is 0 Å². The predicted molar refractivity (Wildman–Crippen MR) is 229 cm³/mol. The van der Waals surface area contributed by atoms with Gasteiger partial charge in [-0.3, -0.25) is 0 Å². The molecule has 2 aliphatic rings. The standard InChI is InChI=1S/C52H40N2O/c1-35-22-33-46(53(42-28-23-39(24-29-42)36-14-7-4-8-15-36)43-30-25-40(26-31-43)37-16-9-5-10-17-37)51-49(35)54-47-34-41(38-18-11-6-12-19-38)27-32-44(47)52(2,3)45-20-13-21-48(55-51)50(45)54/h4-34H,1-3H3. The van der Waals surface area contributed by atoms with Crippen molar-refractivity contribution in [2.45, 2.75) is 26.2 Å². The number of hydrogen-bond acceptors (Lipinski definition) is 3. The minimum Gasteiger partial charge on any atom is -0.451 e. The molecule has 0 bridgehead atoms. The molecule has 55 heavy (non-hydrogen) atoms. The Kier molecular flexibility index (Phi) is 7.71. The lowest BCUT2D eigenvalue weighted by atomic mass is 9.72. The third-order valence-electron chi connectivity index (χ3n) is 11.4. The average molecular weight is 709 g/mol. The number of para-hydroxylation sites is 1. The zero-order chi connectivity index (χ0) is 37.1. The van der Waals surface area contributed by atoms with Crippen molar-refractivity contribution in [2.24, 2.45) is 0 Å². The van der Waals surface area contributed by atoms with Crippen LogP contribution in [0.25, 0.3) is 33.4 Å². The fraction of sp³-hybridized carbons (Fsp3) is 0.0769. The van der Waals surface area contributed by atoms with Gasteiger partial charge < -0.3 is 14.5 Å². The molecule has 3 heteroatoms. The van der Waals surface area contributed by atoms with Gasteiger partial charge in [-0.1, -0.05) is 159 Å². The summed E-state index contributed by atoms with van der Waals surface area (Å²) in [7, 11) is 0. The molecule has 264 valence electrons. The summed E-state index contributed by atoms with van der Waals surface area (Å²) in [6, 6.07) is 67.5. The highest BCUT2D eigenvalue weighted by Gasteiger charge is 2.43. The summed E-state index contributed by atoms with van der Waals surface area (Å²) in [4.78, 5) is 4.82. The Morgan fingerprint density at radius 1 is 0.455 bits per heavy atom. The first kappa shape index (κ1) is 32.8. The van der Waals surface area contributed by atoms with Crippen molar-refractivity contribution in [3.63, 3.8) is 0 Å². The molecule has 0 saturated carbocycles. The van der Waals surface area contributed by atoms with Gasteiger partial charge in [0.1, 0.15) is 0 Å². The second-order valence-electron chi connectivity index (χ2n) is 15.1. The number of nitrogens with zero attached hydrogens (tertiary/aromatic N) is 2. The van der Waals surface area contributed by atoms with E-state index in [1.807, 2.05) is 0 Å². The van der Waals surface area contributed by atoms with E-state index in [2.05, 4.69) is 219 Å². The van der Waals surface area contributed by atoms with E-state index in [9.17, 15) is 0 Å². The van der Waals surface area contributed by atoms with Crippen LogP contribution in [0.15, 0.2) is 188 Å². The van der Waals surface area contributed by atoms with Crippen molar-refractivity contribution in [2.75, 3.05) is 9.80 Å². The molecule has 8 aromatic carbocycles. The highest BCUT2D eigenvalue weighted by molar-refractivity contribution is 5.99. The van der Waals surface area contributed by atoms with E-state index in [1.165, 1.54) is 50.2 Å². The Bertz CT molecular complexity index is 2600. The van der Waals surface area contributed by atoms with Crippen LogP contribution in [-0.2, 0) is 5.41 Å². The van der Waals surface area contributed by atoms with Crippen LogP contribution in [0.1, 0.15) is 30.5 Å². The van der Waals surface area contributed by atoms with Crippen LogP contribution in [0.5, 0.6) is 11.5 Å². The topological polar surface area (TPSA) is 15.7 Å². The molecule has 0 saturated heterocycles. The lowest BCUT2D eigenvalue weighted by molar-refractivity contribution is 0.472. The second-order valence-corrected chi connectivity index (χ2v) is 15.1. The molecule has 8 aromatic rings. The SMILES string of the molecule is Cc1ccc(N(c2ccc(-c3ccccc3)cc2)c2ccc(-c3ccccc3)cc2)c2c1N1c3cc(-c4ccccc4)ccc3C(C)(C)c3cccc(c31)O2. The Balaban J connectivity index is 1.18. The molecule has 0 fully saturated rings. The maximum absolute atomic E-state index is 7.19. The van der Waals surface area contributed by atoms with Gasteiger partial charge in [0.15, 0.2) is 11.5 Å². The fourth-order valence-corrected chi connectivity index (χ4v) is 8.51. The molecule has 0 N–H and O–H groups in total. The molecule has 0 spiro atoms. The number of ether oxygens (including phenoxy) is 1. The summed E-state index contributed by atoms with van der Waals surface area (Å²) in [5, 5.41) is 0. The number of anilines is 6. The summed E-state index contributed by atoms with van der Waals surface area (Å²) >= 11 is 0. The zero-order valence-electron chi connectivity index (χ0n) is 31.2. The Labute approximate surface area is 323 Å². The van der Waals surface area contributed by atoms with Crippen molar-refractivity contribution < 1.29 is 4.74 Å². The molecule has 0 unspecified atom stereocenters. The van der Waals surface area contributed by atoms with Gasteiger partial charge in [0, 0.05) is 16.8 Å². The monoisotopic (exact) mass is 708 g/mol. The quantitative estimate of drug-likeness (QED) is 0.171. The second kappa shape index (κ2) is 12.9. The van der Waals surface area contributed by atoms with Crippen LogP contribution in [0, 0.1) is 6.92 Å². The number of fused-ring (bicyclic) bond motifs is 4. The highest BCUT2D eigenvalue weighted by Crippen LogP contribution is 2.63. The van der Waals surface area contributed by atoms with Gasteiger partial charge in [0.05, 0.1) is 22.7 Å². The maximum atomic E-state index is 7.19. The van der Waals surface area contributed by atoms with Crippen LogP contribution in [0.2, 0.25) is 0 Å². The van der Waals surface area contributed by atoms with Crippen molar-refractivity contribution >= 4 is 34.1 Å². The normalized spacial score (nSPS) is 13.3. The third-order valence-corrected chi connectivity index (χ3v) is 11.4. The van der Waals surface area contributed by atoms with Crippen LogP contribution in [0.3, 0.4) is 0 Å². The van der Waals surface area contributed by atoms with E-state index >= 15 is 0 Å². The van der Waals surface area contributed by atoms with E-state index in [4.69, 9.17) is 4.74 Å². The first-order valence-electron chi connectivity index (χ1n) is 19.0. The Morgan fingerprint density at radius 2 is 0.964 bits per heavy atom. The van der Waals surface area contributed by atoms with E-state index in [-0.39, 0.29) is 5.41 Å². The highest BCUT2D eigenvalue weighted by atomic mass is 16.5. The molecule has 0 radical (unpaired) electrons. The van der Waals surface area contributed by atoms with Gasteiger partial charge >= 0.3 is 0 Å². The molecule has 2 aliphatic heterocycles. The van der Waals surface area contributed by atoms with Gasteiger partial charge in [-0.15, -0.1) is 0 Å². The first-order valence-corrected chi connectivity index (χ1v) is 19.0. The van der Waals surface area contributed by atoms with E-state index < -0.39 is 0 Å². The largest absolute Gasteiger partial charge is 0.451 e. The van der Waals surface area contributed by atoms with Gasteiger partial charge in [0.2, 0.25) is 0 Å². The summed E-state index contributed by atoms with van der Waals surface area (Å²) in [5.74, 6) is 1.69. The first-order chi connectivity index (χ1) is 27.0. The van der Waals surface area contributed by atoms with Gasteiger partial charge in [0.25, 0.3) is 0 Å². The van der Waals surface area contributed by atoms with E-state index in [0.717, 1.165) is 45.5 Å². The summed E-state index contributed by atoms with van der Waals surface area (Å²) < 4.78 is 7.19. The molecule has 0 amide bonds. The van der Waals surface area contributed by atoms with Crippen molar-refractivity contribution in [1.29, 1.82) is 0 Å². The van der Waals surface area contributed by atoms with Crippen LogP contribution < -0.4 is 14.5 Å². The molecule has 0 aliphatic carbocycles. The molecule has 10 rings (SSSR count). The molecule has 3 nitrogen and oxygen atoms in total. The lowest BCUT2D eigenvalue weighted by Gasteiger charge is -2.46. The number of hydrogen-bond donors (Lipinski definition) is 0. The van der Waals surface area contributed by atoms with Gasteiger partial charge in [-0.05, 0) is 99.5 Å². The van der Waals surface area contributed by atoms with Gasteiger partial charge in [-0.25, -0.2) is 0 Å². The molecule has 0 aromatic heterocycles.